The average molecular weight is 356 g/mol. The topological polar surface area (TPSA) is 74.8 Å². The monoisotopic (exact) mass is 356 g/mol. The number of rotatable bonds is 3. The summed E-state index contributed by atoms with van der Waals surface area (Å²) in [5.74, 6) is -0.160. The minimum Gasteiger partial charge on any atom is -0.507 e. The summed E-state index contributed by atoms with van der Waals surface area (Å²) in [6.45, 7) is 0. The molecule has 0 radical (unpaired) electrons. The number of phenols is 1. The largest absolute Gasteiger partial charge is 0.507 e. The summed E-state index contributed by atoms with van der Waals surface area (Å²) >= 11 is 2.12. The van der Waals surface area contributed by atoms with Crippen LogP contribution in [0.2, 0.25) is 0 Å². The average Bonchev–Trinajstić information content (AvgIpc) is 2.87. The van der Waals surface area contributed by atoms with Crippen molar-refractivity contribution in [1.82, 2.24) is 5.43 Å². The van der Waals surface area contributed by atoms with E-state index in [9.17, 15) is 9.90 Å². The minimum absolute atomic E-state index is 0.103. The number of amides is 1. The Morgan fingerprint density at radius 2 is 2.28 bits per heavy atom. The van der Waals surface area contributed by atoms with Crippen LogP contribution in [0.15, 0.2) is 46.1 Å². The summed E-state index contributed by atoms with van der Waals surface area (Å²) in [6, 6.07) is 8.24. The first-order chi connectivity index (χ1) is 8.66. The number of nitrogens with zero attached hydrogens (tertiary/aromatic N) is 1. The van der Waals surface area contributed by atoms with E-state index in [1.165, 1.54) is 18.5 Å². The summed E-state index contributed by atoms with van der Waals surface area (Å²) in [5, 5.41) is 13.3. The van der Waals surface area contributed by atoms with Crippen LogP contribution >= 0.6 is 22.6 Å². The van der Waals surface area contributed by atoms with Crippen LogP contribution in [0.25, 0.3) is 0 Å². The fourth-order valence-corrected chi connectivity index (χ4v) is 1.77. The van der Waals surface area contributed by atoms with Crippen molar-refractivity contribution < 1.29 is 14.3 Å². The van der Waals surface area contributed by atoms with Gasteiger partial charge in [-0.2, -0.15) is 5.10 Å². The van der Waals surface area contributed by atoms with Crippen molar-refractivity contribution in [1.29, 1.82) is 0 Å². The van der Waals surface area contributed by atoms with Crippen molar-refractivity contribution in [3.8, 4) is 5.75 Å². The number of aromatic hydroxyl groups is 1. The minimum atomic E-state index is -0.443. The summed E-state index contributed by atoms with van der Waals surface area (Å²) in [5.41, 5.74) is 2.83. The van der Waals surface area contributed by atoms with Crippen molar-refractivity contribution in [2.45, 2.75) is 0 Å². The molecule has 2 rings (SSSR count). The summed E-state index contributed by atoms with van der Waals surface area (Å²) in [4.78, 5) is 11.5. The second-order valence-electron chi connectivity index (χ2n) is 3.38. The van der Waals surface area contributed by atoms with E-state index < -0.39 is 5.91 Å². The molecule has 0 fully saturated rings. The lowest BCUT2D eigenvalue weighted by Gasteiger charge is -1.99. The van der Waals surface area contributed by atoms with Gasteiger partial charge in [0, 0.05) is 9.13 Å². The molecule has 0 saturated heterocycles. The molecule has 2 N–H and O–H groups in total. The molecule has 0 unspecified atom stereocenters. The molecule has 1 amide bonds. The molecule has 0 saturated carbocycles. The lowest BCUT2D eigenvalue weighted by molar-refractivity contribution is 0.0927. The summed E-state index contributed by atoms with van der Waals surface area (Å²) < 4.78 is 5.87. The normalized spacial score (nSPS) is 10.7. The van der Waals surface area contributed by atoms with Crippen LogP contribution in [-0.2, 0) is 0 Å². The van der Waals surface area contributed by atoms with Crippen LogP contribution in [0.5, 0.6) is 5.75 Å². The van der Waals surface area contributed by atoms with E-state index in [1.807, 2.05) is 0 Å². The van der Waals surface area contributed by atoms with Crippen LogP contribution in [0.4, 0.5) is 0 Å². The van der Waals surface area contributed by atoms with Gasteiger partial charge in [-0.05, 0) is 52.9 Å². The Labute approximate surface area is 117 Å². The summed E-state index contributed by atoms with van der Waals surface area (Å²) in [7, 11) is 0. The molecular weight excluding hydrogens is 347 g/mol. The zero-order valence-electron chi connectivity index (χ0n) is 9.13. The third-order valence-electron chi connectivity index (χ3n) is 2.10. The Bertz CT molecular complexity index is 579. The molecule has 6 heteroatoms. The number of hydrogen-bond donors (Lipinski definition) is 2. The lowest BCUT2D eigenvalue weighted by Crippen LogP contribution is -2.16. The van der Waals surface area contributed by atoms with Crippen LogP contribution in [0, 0.1) is 3.57 Å². The van der Waals surface area contributed by atoms with E-state index in [0.717, 1.165) is 3.57 Å². The van der Waals surface area contributed by atoms with Gasteiger partial charge in [-0.1, -0.05) is 0 Å². The molecule has 1 aromatic carbocycles. The third kappa shape index (κ3) is 3.10. The van der Waals surface area contributed by atoms with Gasteiger partial charge in [0.25, 0.3) is 0 Å². The maximum Gasteiger partial charge on any atom is 0.307 e. The van der Waals surface area contributed by atoms with Gasteiger partial charge in [0.1, 0.15) is 5.75 Å². The highest BCUT2D eigenvalue weighted by Gasteiger charge is 2.06. The van der Waals surface area contributed by atoms with Gasteiger partial charge < -0.3 is 9.52 Å². The highest BCUT2D eigenvalue weighted by molar-refractivity contribution is 14.1. The highest BCUT2D eigenvalue weighted by Crippen LogP contribution is 2.17. The number of hydrazone groups is 1. The predicted molar refractivity (Wildman–Crippen MR) is 74.6 cm³/mol. The van der Waals surface area contributed by atoms with Crippen molar-refractivity contribution in [2.24, 2.45) is 5.10 Å². The molecule has 0 aliphatic heterocycles. The molecule has 5 nitrogen and oxygen atoms in total. The quantitative estimate of drug-likeness (QED) is 0.504. The van der Waals surface area contributed by atoms with Gasteiger partial charge in [0.2, 0.25) is 0 Å². The maximum atomic E-state index is 11.5. The number of hydrogen-bond acceptors (Lipinski definition) is 4. The Morgan fingerprint density at radius 3 is 3.00 bits per heavy atom. The molecule has 0 bridgehead atoms. The van der Waals surface area contributed by atoms with Crippen molar-refractivity contribution in [2.75, 3.05) is 0 Å². The van der Waals surface area contributed by atoms with Crippen molar-refractivity contribution >= 4 is 34.7 Å². The van der Waals surface area contributed by atoms with Gasteiger partial charge >= 0.3 is 5.91 Å². The third-order valence-corrected chi connectivity index (χ3v) is 2.78. The molecule has 2 aromatic rings. The molecule has 0 aliphatic rings. The van der Waals surface area contributed by atoms with E-state index in [2.05, 4.69) is 33.1 Å². The zero-order valence-corrected chi connectivity index (χ0v) is 11.3. The molecule has 0 atom stereocenters. The number of benzene rings is 1. The molecule has 0 aliphatic carbocycles. The Hall–Kier alpha value is -1.83. The van der Waals surface area contributed by atoms with Crippen molar-refractivity contribution in [3.05, 3.63) is 51.5 Å². The second-order valence-corrected chi connectivity index (χ2v) is 4.63. The van der Waals surface area contributed by atoms with Crippen LogP contribution in [0.3, 0.4) is 0 Å². The number of carbonyl (C=O) groups is 1. The van der Waals surface area contributed by atoms with Gasteiger partial charge in [0.15, 0.2) is 5.76 Å². The Kier molecular flexibility index (Phi) is 3.98. The van der Waals surface area contributed by atoms with Gasteiger partial charge in [-0.15, -0.1) is 0 Å². The van der Waals surface area contributed by atoms with Gasteiger partial charge in [-0.25, -0.2) is 5.43 Å². The highest BCUT2D eigenvalue weighted by atomic mass is 127. The zero-order chi connectivity index (χ0) is 13.0. The van der Waals surface area contributed by atoms with E-state index in [4.69, 9.17) is 4.42 Å². The predicted octanol–water partition coefficient (Wildman–Crippen LogP) is 2.35. The molecule has 1 aromatic heterocycles. The fourth-order valence-electron chi connectivity index (χ4n) is 1.25. The van der Waals surface area contributed by atoms with Gasteiger partial charge in [0.05, 0.1) is 12.5 Å². The van der Waals surface area contributed by atoms with E-state index in [-0.39, 0.29) is 11.5 Å². The summed E-state index contributed by atoms with van der Waals surface area (Å²) in [6.07, 6.45) is 2.78. The molecule has 92 valence electrons. The second kappa shape index (κ2) is 5.67. The standard InChI is InChI=1S/C12H9IN2O3/c13-9-3-4-10(16)8(6-9)7-14-15-12(17)11-2-1-5-18-11/h1-7,16H,(H,15,17)/b14-7+. The number of halogens is 1. The first-order valence-corrected chi connectivity index (χ1v) is 6.10. The van der Waals surface area contributed by atoms with Gasteiger partial charge in [-0.3, -0.25) is 4.79 Å². The maximum absolute atomic E-state index is 11.5. The van der Waals surface area contributed by atoms with E-state index in [0.29, 0.717) is 5.56 Å². The number of nitrogens with one attached hydrogen (secondary N) is 1. The lowest BCUT2D eigenvalue weighted by atomic mass is 10.2. The van der Waals surface area contributed by atoms with Crippen molar-refractivity contribution in [3.63, 3.8) is 0 Å². The van der Waals surface area contributed by atoms with Crippen LogP contribution in [-0.4, -0.2) is 17.2 Å². The number of furan rings is 1. The molecule has 1 heterocycles. The first kappa shape index (κ1) is 12.6. The number of carbonyl (C=O) groups excluding carboxylic acids is 1. The smallest absolute Gasteiger partial charge is 0.307 e. The fraction of sp³-hybridized carbons (Fsp3) is 0. The van der Waals surface area contributed by atoms with E-state index in [1.54, 1.807) is 24.3 Å². The number of phenolic OH excluding ortho intramolecular Hbond substituents is 1. The Morgan fingerprint density at radius 1 is 1.44 bits per heavy atom. The van der Waals surface area contributed by atoms with Crippen LogP contribution < -0.4 is 5.43 Å². The first-order valence-electron chi connectivity index (χ1n) is 5.02. The molecule has 0 spiro atoms. The van der Waals surface area contributed by atoms with Crippen LogP contribution in [0.1, 0.15) is 16.1 Å². The van der Waals surface area contributed by atoms with E-state index >= 15 is 0 Å². The Balaban J connectivity index is 2.03. The molecule has 18 heavy (non-hydrogen) atoms. The molecular formula is C12H9IN2O3. The SMILES string of the molecule is O=C(N/N=C/c1cc(I)ccc1O)c1ccco1.